The van der Waals surface area contributed by atoms with E-state index in [9.17, 15) is 0 Å². The van der Waals surface area contributed by atoms with E-state index >= 15 is 0 Å². The number of aromatic nitrogens is 3. The highest BCUT2D eigenvalue weighted by Gasteiger charge is 2.41. The van der Waals surface area contributed by atoms with Gasteiger partial charge in [0.05, 0.1) is 30.6 Å². The van der Waals surface area contributed by atoms with Gasteiger partial charge in [0.15, 0.2) is 5.11 Å². The van der Waals surface area contributed by atoms with Gasteiger partial charge in [-0.25, -0.2) is 0 Å². The number of thiocarbonyl (C=S) groups is 1. The fourth-order valence-corrected chi connectivity index (χ4v) is 4.57. The average molecular weight is 442 g/mol. The van der Waals surface area contributed by atoms with Crippen molar-refractivity contribution >= 4 is 17.3 Å². The molecule has 1 N–H and O–H groups in total. The van der Waals surface area contributed by atoms with Gasteiger partial charge in [-0.05, 0) is 66.3 Å². The number of benzene rings is 1. The summed E-state index contributed by atoms with van der Waals surface area (Å²) in [5.74, 6) is 0.813. The average Bonchev–Trinajstić information content (AvgIpc) is 3.45. The molecule has 0 radical (unpaired) electrons. The Hall–Kier alpha value is -3.71. The van der Waals surface area contributed by atoms with E-state index in [1.165, 1.54) is 0 Å². The Labute approximate surface area is 192 Å². The summed E-state index contributed by atoms with van der Waals surface area (Å²) in [5.41, 5.74) is 4.18. The van der Waals surface area contributed by atoms with Crippen LogP contribution >= 0.6 is 12.2 Å². The quantitative estimate of drug-likeness (QED) is 0.446. The van der Waals surface area contributed by atoms with Gasteiger partial charge < -0.3 is 19.5 Å². The molecule has 1 aromatic carbocycles. The van der Waals surface area contributed by atoms with Crippen LogP contribution in [0.15, 0.2) is 91.5 Å². The van der Waals surface area contributed by atoms with E-state index in [1.807, 2.05) is 67.1 Å². The topological polar surface area (TPSA) is 55.2 Å². The van der Waals surface area contributed by atoms with Crippen molar-refractivity contribution in [1.82, 2.24) is 24.8 Å². The van der Waals surface area contributed by atoms with Crippen molar-refractivity contribution in [1.29, 1.82) is 0 Å². The summed E-state index contributed by atoms with van der Waals surface area (Å²) in [4.78, 5) is 11.0. The lowest BCUT2D eigenvalue weighted by Gasteiger charge is -2.29. The minimum absolute atomic E-state index is 0.0644. The monoisotopic (exact) mass is 441 g/mol. The molecule has 3 aromatic heterocycles. The van der Waals surface area contributed by atoms with E-state index in [2.05, 4.69) is 49.1 Å². The zero-order valence-electron chi connectivity index (χ0n) is 17.6. The second-order valence-electron chi connectivity index (χ2n) is 7.58. The molecule has 0 unspecified atom stereocenters. The van der Waals surface area contributed by atoms with Gasteiger partial charge >= 0.3 is 0 Å². The van der Waals surface area contributed by atoms with Crippen LogP contribution in [0, 0.1) is 0 Å². The summed E-state index contributed by atoms with van der Waals surface area (Å²) in [6, 6.07) is 22.1. The highest BCUT2D eigenvalue weighted by atomic mass is 32.1. The number of methoxy groups -OCH3 is 1. The molecule has 0 amide bonds. The van der Waals surface area contributed by atoms with Crippen molar-refractivity contribution in [2.75, 3.05) is 7.11 Å². The van der Waals surface area contributed by atoms with E-state index in [1.54, 1.807) is 7.11 Å². The fraction of sp³-hybridized carbons (Fsp3) is 0.160. The van der Waals surface area contributed by atoms with E-state index in [4.69, 9.17) is 17.0 Å². The Kier molecular flexibility index (Phi) is 5.56. The first-order chi connectivity index (χ1) is 15.8. The van der Waals surface area contributed by atoms with Crippen LogP contribution in [-0.2, 0) is 6.54 Å². The first kappa shape index (κ1) is 20.2. The van der Waals surface area contributed by atoms with Gasteiger partial charge in [0.25, 0.3) is 0 Å². The van der Waals surface area contributed by atoms with E-state index in [0.717, 1.165) is 28.4 Å². The molecule has 1 aliphatic heterocycles. The Morgan fingerprint density at radius 2 is 1.78 bits per heavy atom. The van der Waals surface area contributed by atoms with Crippen molar-refractivity contribution in [3.8, 4) is 11.4 Å². The maximum Gasteiger partial charge on any atom is 0.170 e. The second-order valence-corrected chi connectivity index (χ2v) is 7.97. The third-order valence-electron chi connectivity index (χ3n) is 5.73. The van der Waals surface area contributed by atoms with Crippen molar-refractivity contribution in [3.63, 3.8) is 0 Å². The van der Waals surface area contributed by atoms with Crippen LogP contribution in [0.2, 0.25) is 0 Å². The van der Waals surface area contributed by atoms with Gasteiger partial charge in [0, 0.05) is 37.0 Å². The maximum absolute atomic E-state index is 5.81. The summed E-state index contributed by atoms with van der Waals surface area (Å²) < 4.78 is 7.82. The van der Waals surface area contributed by atoms with E-state index in [-0.39, 0.29) is 12.1 Å². The standard InChI is InChI=1S/C25H23N5OS/c1-31-22-10-3-2-8-20(22)29-16-6-9-21(29)24-23(19-7-4-5-13-27-19)28-25(32)30(24)17-18-11-14-26-15-12-18/h2-16,23-24H,17H2,1H3,(H,28,32)/t23-,24-/m1/s1. The summed E-state index contributed by atoms with van der Waals surface area (Å²) >= 11 is 5.81. The number of rotatable bonds is 6. The maximum atomic E-state index is 5.81. The van der Waals surface area contributed by atoms with Crippen LogP contribution in [0.5, 0.6) is 5.75 Å². The number of hydrogen-bond acceptors (Lipinski definition) is 4. The molecular weight excluding hydrogens is 418 g/mol. The highest BCUT2D eigenvalue weighted by molar-refractivity contribution is 7.80. The lowest BCUT2D eigenvalue weighted by atomic mass is 10.0. The predicted octanol–water partition coefficient (Wildman–Crippen LogP) is 4.45. The van der Waals surface area contributed by atoms with Crippen molar-refractivity contribution in [2.24, 2.45) is 0 Å². The molecule has 1 aliphatic rings. The Morgan fingerprint density at radius 1 is 0.969 bits per heavy atom. The fourth-order valence-electron chi connectivity index (χ4n) is 4.27. The molecule has 1 fully saturated rings. The number of ether oxygens (including phenoxy) is 1. The molecule has 160 valence electrons. The minimum Gasteiger partial charge on any atom is -0.495 e. The Morgan fingerprint density at radius 3 is 2.56 bits per heavy atom. The normalized spacial score (nSPS) is 17.9. The lowest BCUT2D eigenvalue weighted by Crippen LogP contribution is -2.30. The molecule has 7 heteroatoms. The molecule has 0 saturated carbocycles. The molecule has 0 aliphatic carbocycles. The third kappa shape index (κ3) is 3.71. The van der Waals surface area contributed by atoms with Crippen LogP contribution in [-0.4, -0.2) is 31.7 Å². The lowest BCUT2D eigenvalue weighted by molar-refractivity contribution is 0.301. The van der Waals surface area contributed by atoms with E-state index in [0.29, 0.717) is 11.7 Å². The summed E-state index contributed by atoms with van der Waals surface area (Å²) in [7, 11) is 1.70. The van der Waals surface area contributed by atoms with Gasteiger partial charge in [-0.2, -0.15) is 0 Å². The van der Waals surface area contributed by atoms with E-state index < -0.39 is 0 Å². The van der Waals surface area contributed by atoms with Gasteiger partial charge in [0.2, 0.25) is 0 Å². The first-order valence-corrected chi connectivity index (χ1v) is 10.8. The number of nitrogens with zero attached hydrogens (tertiary/aromatic N) is 4. The molecule has 0 bridgehead atoms. The molecule has 6 nitrogen and oxygen atoms in total. The molecule has 2 atom stereocenters. The highest BCUT2D eigenvalue weighted by Crippen LogP contribution is 2.41. The molecule has 32 heavy (non-hydrogen) atoms. The smallest absolute Gasteiger partial charge is 0.170 e. The van der Waals surface area contributed by atoms with Crippen LogP contribution in [0.1, 0.15) is 29.0 Å². The zero-order chi connectivity index (χ0) is 21.9. The molecule has 1 saturated heterocycles. The van der Waals surface area contributed by atoms with Crippen molar-refractivity contribution in [3.05, 3.63) is 108 Å². The van der Waals surface area contributed by atoms with Crippen LogP contribution in [0.3, 0.4) is 0 Å². The number of hydrogen-bond donors (Lipinski definition) is 1. The molecule has 4 aromatic rings. The van der Waals surface area contributed by atoms with Crippen molar-refractivity contribution in [2.45, 2.75) is 18.6 Å². The van der Waals surface area contributed by atoms with Gasteiger partial charge in [-0.15, -0.1) is 0 Å². The second kappa shape index (κ2) is 8.80. The SMILES string of the molecule is COc1ccccc1-n1cccc1[C@@H]1[C@@H](c2ccccn2)NC(=S)N1Cc1ccncc1. The van der Waals surface area contributed by atoms with Crippen LogP contribution in [0.25, 0.3) is 5.69 Å². The minimum atomic E-state index is -0.0890. The predicted molar refractivity (Wildman–Crippen MR) is 128 cm³/mol. The number of nitrogens with one attached hydrogen (secondary N) is 1. The third-order valence-corrected chi connectivity index (χ3v) is 6.08. The first-order valence-electron chi connectivity index (χ1n) is 10.4. The Bertz CT molecular complexity index is 1210. The zero-order valence-corrected chi connectivity index (χ0v) is 18.4. The number of pyridine rings is 2. The van der Waals surface area contributed by atoms with Crippen molar-refractivity contribution < 1.29 is 4.74 Å². The summed E-state index contributed by atoms with van der Waals surface area (Å²) in [5, 5.41) is 4.22. The van der Waals surface area contributed by atoms with Gasteiger partial charge in [-0.1, -0.05) is 18.2 Å². The molecule has 4 heterocycles. The summed E-state index contributed by atoms with van der Waals surface area (Å²) in [6.07, 6.45) is 7.51. The number of para-hydroxylation sites is 2. The van der Waals surface area contributed by atoms with Gasteiger partial charge in [-0.3, -0.25) is 9.97 Å². The largest absolute Gasteiger partial charge is 0.495 e. The summed E-state index contributed by atoms with van der Waals surface area (Å²) in [6.45, 7) is 0.666. The van der Waals surface area contributed by atoms with Gasteiger partial charge in [0.1, 0.15) is 5.75 Å². The molecule has 0 spiro atoms. The Balaban J connectivity index is 1.62. The van der Waals surface area contributed by atoms with Crippen LogP contribution in [0.4, 0.5) is 0 Å². The molecule has 5 rings (SSSR count). The molecular formula is C25H23N5OS. The van der Waals surface area contributed by atoms with Crippen LogP contribution < -0.4 is 10.1 Å².